The van der Waals surface area contributed by atoms with Gasteiger partial charge in [0.1, 0.15) is 0 Å². The van der Waals surface area contributed by atoms with Gasteiger partial charge >= 0.3 is 0 Å². The van der Waals surface area contributed by atoms with Crippen LogP contribution in [0, 0.1) is 0 Å². The highest BCUT2D eigenvalue weighted by Gasteiger charge is 2.23. The molecule has 2 aromatic heterocycles. The molecule has 0 saturated carbocycles. The van der Waals surface area contributed by atoms with Crippen LogP contribution in [0.2, 0.25) is 0 Å². The van der Waals surface area contributed by atoms with Gasteiger partial charge in [0.2, 0.25) is 0 Å². The van der Waals surface area contributed by atoms with Gasteiger partial charge < -0.3 is 20.3 Å². The van der Waals surface area contributed by atoms with E-state index < -0.39 is 0 Å². The Hall–Kier alpha value is -2.19. The molecule has 2 fully saturated rings. The van der Waals surface area contributed by atoms with Gasteiger partial charge in [-0.3, -0.25) is 4.79 Å². The normalized spacial score (nSPS) is 21.0. The Kier molecular flexibility index (Phi) is 6.30. The van der Waals surface area contributed by atoms with Gasteiger partial charge in [-0.05, 0) is 52.6 Å². The quantitative estimate of drug-likeness (QED) is 0.742. The first-order chi connectivity index (χ1) is 14.2. The number of aryl methyl sites for hydroxylation is 1. The van der Waals surface area contributed by atoms with E-state index in [0.717, 1.165) is 62.3 Å². The Morgan fingerprint density at radius 1 is 1.28 bits per heavy atom. The van der Waals surface area contributed by atoms with E-state index in [4.69, 9.17) is 4.74 Å². The highest BCUT2D eigenvalue weighted by molar-refractivity contribution is 6.06. The van der Waals surface area contributed by atoms with Gasteiger partial charge in [-0.2, -0.15) is 5.10 Å². The average Bonchev–Trinajstić information content (AvgIpc) is 3.35. The fourth-order valence-electron chi connectivity index (χ4n) is 4.42. The lowest BCUT2D eigenvalue weighted by Crippen LogP contribution is -2.33. The number of pyridine rings is 1. The van der Waals surface area contributed by atoms with Crippen LogP contribution in [0.1, 0.15) is 49.4 Å². The Morgan fingerprint density at radius 3 is 2.83 bits per heavy atom. The van der Waals surface area contributed by atoms with Gasteiger partial charge in [0.25, 0.3) is 5.91 Å². The van der Waals surface area contributed by atoms with Crippen LogP contribution in [0.15, 0.2) is 12.4 Å². The number of nitrogens with one attached hydrogen (secondary N) is 2. The van der Waals surface area contributed by atoms with Gasteiger partial charge in [-0.15, -0.1) is 0 Å². The highest BCUT2D eigenvalue weighted by atomic mass is 16.5. The van der Waals surface area contributed by atoms with Crippen molar-refractivity contribution in [3.63, 3.8) is 0 Å². The van der Waals surface area contributed by atoms with E-state index >= 15 is 0 Å². The smallest absolute Gasteiger partial charge is 0.254 e. The number of amides is 1. The summed E-state index contributed by atoms with van der Waals surface area (Å²) in [4.78, 5) is 20.0. The second-order valence-electron chi connectivity index (χ2n) is 8.10. The molecule has 4 heterocycles. The molecule has 0 bridgehead atoms. The number of likely N-dealkylation sites (tertiary alicyclic amines) is 1. The molecule has 1 amide bonds. The fourth-order valence-corrected chi connectivity index (χ4v) is 4.42. The van der Waals surface area contributed by atoms with E-state index in [1.165, 1.54) is 12.8 Å². The standard InChI is InChI=1S/C21H32N6O2/c1-3-27-20-17(14-24-27)19(25-15-7-11-29-12-8-15)18(13-23-20)21(28)22-9-6-16-5-4-10-26(16)2/h13-16H,3-12H2,1-2H3,(H,22,28)(H,23,25). The third kappa shape index (κ3) is 4.38. The Morgan fingerprint density at radius 2 is 2.10 bits per heavy atom. The van der Waals surface area contributed by atoms with E-state index in [1.807, 2.05) is 17.8 Å². The van der Waals surface area contributed by atoms with Crippen LogP contribution in [0.4, 0.5) is 5.69 Å². The van der Waals surface area contributed by atoms with Gasteiger partial charge in [-0.25, -0.2) is 9.67 Å². The fraction of sp³-hybridized carbons (Fsp3) is 0.667. The zero-order valence-corrected chi connectivity index (χ0v) is 17.5. The largest absolute Gasteiger partial charge is 0.381 e. The van der Waals surface area contributed by atoms with Crippen molar-refractivity contribution in [2.75, 3.05) is 38.7 Å². The lowest BCUT2D eigenvalue weighted by molar-refractivity contribution is 0.0904. The minimum absolute atomic E-state index is 0.0705. The van der Waals surface area contributed by atoms with Crippen molar-refractivity contribution in [1.82, 2.24) is 25.0 Å². The molecule has 158 valence electrons. The molecule has 8 nitrogen and oxygen atoms in total. The molecule has 2 saturated heterocycles. The highest BCUT2D eigenvalue weighted by Crippen LogP contribution is 2.28. The van der Waals surface area contributed by atoms with Crippen LogP contribution in [-0.2, 0) is 11.3 Å². The molecule has 0 aliphatic carbocycles. The minimum Gasteiger partial charge on any atom is -0.381 e. The topological polar surface area (TPSA) is 84.3 Å². The summed E-state index contributed by atoms with van der Waals surface area (Å²) in [6.45, 7) is 6.11. The number of rotatable bonds is 7. The molecule has 0 aromatic carbocycles. The second-order valence-corrected chi connectivity index (χ2v) is 8.10. The summed E-state index contributed by atoms with van der Waals surface area (Å²) >= 11 is 0. The first-order valence-electron chi connectivity index (χ1n) is 10.8. The number of fused-ring (bicyclic) bond motifs is 1. The number of carbonyl (C=O) groups excluding carboxylic acids is 1. The maximum atomic E-state index is 13.0. The van der Waals surface area contributed by atoms with Crippen molar-refractivity contribution in [2.45, 2.75) is 57.7 Å². The number of aromatic nitrogens is 3. The Labute approximate surface area is 172 Å². The van der Waals surface area contributed by atoms with E-state index in [0.29, 0.717) is 18.2 Å². The SMILES string of the molecule is CCn1ncc2c(NC3CCOCC3)c(C(=O)NCCC3CCCN3C)cnc21. The Balaban J connectivity index is 1.53. The summed E-state index contributed by atoms with van der Waals surface area (Å²) in [5.41, 5.74) is 2.25. The van der Waals surface area contributed by atoms with Crippen molar-refractivity contribution >= 4 is 22.6 Å². The van der Waals surface area contributed by atoms with Crippen molar-refractivity contribution < 1.29 is 9.53 Å². The summed E-state index contributed by atoms with van der Waals surface area (Å²) in [6, 6.07) is 0.858. The predicted molar refractivity (Wildman–Crippen MR) is 113 cm³/mol. The maximum absolute atomic E-state index is 13.0. The number of ether oxygens (including phenoxy) is 1. The third-order valence-electron chi connectivity index (χ3n) is 6.21. The van der Waals surface area contributed by atoms with Crippen molar-refractivity contribution in [2.24, 2.45) is 0 Å². The van der Waals surface area contributed by atoms with Gasteiger partial charge in [-0.1, -0.05) is 0 Å². The van der Waals surface area contributed by atoms with Crippen LogP contribution in [-0.4, -0.2) is 71.0 Å². The second kappa shape index (κ2) is 9.09. The molecule has 1 atom stereocenters. The number of anilines is 1. The maximum Gasteiger partial charge on any atom is 0.254 e. The number of hydrogen-bond donors (Lipinski definition) is 2. The molecule has 2 N–H and O–H groups in total. The Bertz CT molecular complexity index is 845. The minimum atomic E-state index is -0.0705. The lowest BCUT2D eigenvalue weighted by Gasteiger charge is -2.25. The van der Waals surface area contributed by atoms with Gasteiger partial charge in [0.15, 0.2) is 5.65 Å². The number of hydrogen-bond acceptors (Lipinski definition) is 6. The van der Waals surface area contributed by atoms with Crippen molar-refractivity contribution in [3.05, 3.63) is 18.0 Å². The molecule has 2 aliphatic heterocycles. The summed E-state index contributed by atoms with van der Waals surface area (Å²) in [5.74, 6) is -0.0705. The zero-order chi connectivity index (χ0) is 20.2. The monoisotopic (exact) mass is 400 g/mol. The van der Waals surface area contributed by atoms with Crippen molar-refractivity contribution in [1.29, 1.82) is 0 Å². The zero-order valence-electron chi connectivity index (χ0n) is 17.5. The molecule has 29 heavy (non-hydrogen) atoms. The van der Waals surface area contributed by atoms with Crippen LogP contribution in [0.5, 0.6) is 0 Å². The molecule has 0 spiro atoms. The molecular formula is C21H32N6O2. The van der Waals surface area contributed by atoms with Gasteiger partial charge in [0.05, 0.1) is 22.8 Å². The van der Waals surface area contributed by atoms with Crippen molar-refractivity contribution in [3.8, 4) is 0 Å². The van der Waals surface area contributed by atoms with E-state index in [1.54, 1.807) is 6.20 Å². The van der Waals surface area contributed by atoms with Crippen LogP contribution < -0.4 is 10.6 Å². The molecule has 4 rings (SSSR count). The van der Waals surface area contributed by atoms with Gasteiger partial charge in [0, 0.05) is 44.6 Å². The molecule has 1 unspecified atom stereocenters. The molecule has 2 aromatic rings. The van der Waals surface area contributed by atoms with Crippen LogP contribution in [0.3, 0.4) is 0 Å². The lowest BCUT2D eigenvalue weighted by atomic mass is 10.1. The van der Waals surface area contributed by atoms with E-state index in [-0.39, 0.29) is 11.9 Å². The van der Waals surface area contributed by atoms with E-state index in [9.17, 15) is 4.79 Å². The average molecular weight is 401 g/mol. The predicted octanol–water partition coefficient (Wildman–Crippen LogP) is 2.26. The summed E-state index contributed by atoms with van der Waals surface area (Å²) in [6.07, 6.45) is 8.81. The van der Waals surface area contributed by atoms with E-state index in [2.05, 4.69) is 32.7 Å². The number of carbonyl (C=O) groups is 1. The number of nitrogens with zero attached hydrogens (tertiary/aromatic N) is 4. The van der Waals surface area contributed by atoms with Crippen LogP contribution >= 0.6 is 0 Å². The molecule has 8 heteroatoms. The molecule has 0 radical (unpaired) electrons. The first kappa shape index (κ1) is 20.1. The summed E-state index contributed by atoms with van der Waals surface area (Å²) < 4.78 is 7.35. The summed E-state index contributed by atoms with van der Waals surface area (Å²) in [7, 11) is 2.17. The van der Waals surface area contributed by atoms with Crippen LogP contribution in [0.25, 0.3) is 11.0 Å². The molecular weight excluding hydrogens is 368 g/mol. The third-order valence-corrected chi connectivity index (χ3v) is 6.21. The first-order valence-corrected chi connectivity index (χ1v) is 10.8. The molecule has 2 aliphatic rings. The summed E-state index contributed by atoms with van der Waals surface area (Å²) in [5, 5.41) is 12.1.